The van der Waals surface area contributed by atoms with Gasteiger partial charge in [0, 0.05) is 18.8 Å². The number of rotatable bonds is 7. The zero-order valence-corrected chi connectivity index (χ0v) is 17.2. The second-order valence-corrected chi connectivity index (χ2v) is 7.83. The molecule has 29 heavy (non-hydrogen) atoms. The Morgan fingerprint density at radius 2 is 1.83 bits per heavy atom. The Bertz CT molecular complexity index is 866. The summed E-state index contributed by atoms with van der Waals surface area (Å²) in [6.07, 6.45) is 0.745. The van der Waals surface area contributed by atoms with Gasteiger partial charge < -0.3 is 15.0 Å². The average Bonchev–Trinajstić information content (AvgIpc) is 2.76. The Morgan fingerprint density at radius 1 is 1.14 bits per heavy atom. The van der Waals surface area contributed by atoms with Gasteiger partial charge in [-0.15, -0.1) is 0 Å². The number of amides is 1. The first-order valence-corrected chi connectivity index (χ1v) is 10.3. The molecule has 152 valence electrons. The van der Waals surface area contributed by atoms with Crippen molar-refractivity contribution in [2.75, 3.05) is 37.7 Å². The summed E-state index contributed by atoms with van der Waals surface area (Å²) in [6, 6.07) is 18.7. The molecular formula is C24H29N3O2. The van der Waals surface area contributed by atoms with Crippen LogP contribution in [0.4, 0.5) is 5.69 Å². The van der Waals surface area contributed by atoms with Crippen LogP contribution in [-0.4, -0.2) is 38.8 Å². The fraction of sp³-hybridized carbons (Fsp3) is 0.417. The molecule has 2 aromatic rings. The quantitative estimate of drug-likeness (QED) is 0.726. The molecule has 5 nitrogen and oxygen atoms in total. The summed E-state index contributed by atoms with van der Waals surface area (Å²) in [6.45, 7) is 7.58. The lowest BCUT2D eigenvalue weighted by atomic mass is 9.88. The number of nitrogens with one attached hydrogen (secondary N) is 1. The molecule has 3 rings (SSSR count). The predicted molar refractivity (Wildman–Crippen MR) is 116 cm³/mol. The number of benzene rings is 2. The molecule has 1 aliphatic rings. The van der Waals surface area contributed by atoms with Crippen LogP contribution in [0.3, 0.4) is 0 Å². The van der Waals surface area contributed by atoms with E-state index in [1.807, 2.05) is 18.2 Å². The minimum Gasteiger partial charge on any atom is -0.378 e. The largest absolute Gasteiger partial charge is 0.378 e. The van der Waals surface area contributed by atoms with E-state index >= 15 is 0 Å². The molecule has 1 heterocycles. The molecule has 1 atom stereocenters. The summed E-state index contributed by atoms with van der Waals surface area (Å²) >= 11 is 0. The first-order chi connectivity index (χ1) is 14.1. The lowest BCUT2D eigenvalue weighted by molar-refractivity contribution is -0.122. The molecule has 0 aromatic heterocycles. The number of ether oxygens (including phenoxy) is 1. The molecule has 0 bridgehead atoms. The highest BCUT2D eigenvalue weighted by Crippen LogP contribution is 2.30. The Hall–Kier alpha value is -2.84. The molecule has 0 radical (unpaired) electrons. The van der Waals surface area contributed by atoms with Gasteiger partial charge in [-0.1, -0.05) is 50.2 Å². The number of carbonyl (C=O) groups is 1. The second kappa shape index (κ2) is 10.1. The van der Waals surface area contributed by atoms with Crippen molar-refractivity contribution < 1.29 is 9.53 Å². The number of hydrogen-bond acceptors (Lipinski definition) is 4. The van der Waals surface area contributed by atoms with E-state index in [2.05, 4.69) is 60.5 Å². The fourth-order valence-corrected chi connectivity index (χ4v) is 3.75. The summed E-state index contributed by atoms with van der Waals surface area (Å²) in [5, 5.41) is 11.5. The van der Waals surface area contributed by atoms with Gasteiger partial charge in [0.15, 0.2) is 0 Å². The van der Waals surface area contributed by atoms with Crippen molar-refractivity contribution in [1.82, 2.24) is 5.32 Å². The molecule has 5 heteroatoms. The van der Waals surface area contributed by atoms with Crippen LogP contribution < -0.4 is 10.2 Å². The molecule has 0 aliphatic carbocycles. The van der Waals surface area contributed by atoms with Crippen LogP contribution in [-0.2, 0) is 9.53 Å². The molecule has 0 spiro atoms. The van der Waals surface area contributed by atoms with Crippen molar-refractivity contribution in [2.24, 2.45) is 5.92 Å². The van der Waals surface area contributed by atoms with Crippen molar-refractivity contribution in [3.8, 4) is 17.2 Å². The highest BCUT2D eigenvalue weighted by Gasteiger charge is 2.22. The Labute approximate surface area is 173 Å². The molecule has 1 amide bonds. The highest BCUT2D eigenvalue weighted by molar-refractivity contribution is 5.84. The van der Waals surface area contributed by atoms with Gasteiger partial charge in [-0.3, -0.25) is 4.79 Å². The molecular weight excluding hydrogens is 362 g/mol. The predicted octanol–water partition coefficient (Wildman–Crippen LogP) is 3.96. The lowest BCUT2D eigenvalue weighted by Crippen LogP contribution is -2.36. The van der Waals surface area contributed by atoms with E-state index in [-0.39, 0.29) is 18.4 Å². The van der Waals surface area contributed by atoms with Gasteiger partial charge in [-0.25, -0.2) is 0 Å². The maximum absolute atomic E-state index is 12.7. The monoisotopic (exact) mass is 391 g/mol. The highest BCUT2D eigenvalue weighted by atomic mass is 16.5. The zero-order valence-electron chi connectivity index (χ0n) is 17.2. The van der Waals surface area contributed by atoms with Crippen LogP contribution >= 0.6 is 0 Å². The smallest absolute Gasteiger partial charge is 0.228 e. The average molecular weight is 392 g/mol. The van der Waals surface area contributed by atoms with Crippen LogP contribution in [0.2, 0.25) is 0 Å². The van der Waals surface area contributed by atoms with E-state index in [0.717, 1.165) is 49.4 Å². The van der Waals surface area contributed by atoms with E-state index in [9.17, 15) is 4.79 Å². The van der Waals surface area contributed by atoms with Gasteiger partial charge in [0.25, 0.3) is 0 Å². The van der Waals surface area contributed by atoms with Gasteiger partial charge in [0.2, 0.25) is 5.91 Å². The second-order valence-electron chi connectivity index (χ2n) is 7.83. The van der Waals surface area contributed by atoms with E-state index < -0.39 is 0 Å². The molecule has 2 aromatic carbocycles. The van der Waals surface area contributed by atoms with E-state index in [1.54, 1.807) is 0 Å². The summed E-state index contributed by atoms with van der Waals surface area (Å²) in [5.41, 5.74) is 4.42. The van der Waals surface area contributed by atoms with Gasteiger partial charge in [-0.05, 0) is 41.2 Å². The zero-order chi connectivity index (χ0) is 20.6. The third-order valence-corrected chi connectivity index (χ3v) is 5.21. The van der Waals surface area contributed by atoms with E-state index in [0.29, 0.717) is 5.92 Å². The molecule has 0 unspecified atom stereocenters. The number of nitrogens with zero attached hydrogens (tertiary/aromatic N) is 2. The maximum atomic E-state index is 12.7. The van der Waals surface area contributed by atoms with Gasteiger partial charge in [0.1, 0.15) is 6.54 Å². The van der Waals surface area contributed by atoms with Gasteiger partial charge >= 0.3 is 0 Å². The SMILES string of the molecule is CC(C)C[C@@H](C(=O)NCC#N)c1cccc(-c2cccc(N3CCOCC3)c2)c1. The minimum absolute atomic E-state index is 0.0364. The standard InChI is InChI=1S/C24H29N3O2/c1-18(2)15-23(24(28)26-10-9-25)21-7-3-5-19(16-21)20-6-4-8-22(17-20)27-11-13-29-14-12-27/h3-8,16-18,23H,10-15H2,1-2H3,(H,26,28)/t23-/m1/s1. The summed E-state index contributed by atoms with van der Waals surface area (Å²) in [5.74, 6) is 0.0336. The van der Waals surface area contributed by atoms with Crippen LogP contribution in [0.5, 0.6) is 0 Å². The Morgan fingerprint density at radius 3 is 2.52 bits per heavy atom. The van der Waals surface area contributed by atoms with E-state index in [4.69, 9.17) is 10.00 Å². The normalized spacial score (nSPS) is 15.0. The number of carbonyl (C=O) groups excluding carboxylic acids is 1. The van der Waals surface area contributed by atoms with Gasteiger partial charge in [0.05, 0.1) is 25.2 Å². The fourth-order valence-electron chi connectivity index (χ4n) is 3.75. The minimum atomic E-state index is -0.259. The van der Waals surface area contributed by atoms with Crippen molar-refractivity contribution in [2.45, 2.75) is 26.2 Å². The first kappa shape index (κ1) is 20.9. The molecule has 1 saturated heterocycles. The number of nitriles is 1. The maximum Gasteiger partial charge on any atom is 0.228 e. The van der Waals surface area contributed by atoms with Crippen LogP contribution in [0.25, 0.3) is 11.1 Å². The van der Waals surface area contributed by atoms with Crippen molar-refractivity contribution in [3.63, 3.8) is 0 Å². The number of morpholine rings is 1. The third kappa shape index (κ3) is 5.58. The number of anilines is 1. The van der Waals surface area contributed by atoms with Crippen molar-refractivity contribution >= 4 is 11.6 Å². The van der Waals surface area contributed by atoms with Crippen molar-refractivity contribution in [3.05, 3.63) is 54.1 Å². The Kier molecular flexibility index (Phi) is 7.26. The van der Waals surface area contributed by atoms with Crippen molar-refractivity contribution in [1.29, 1.82) is 5.26 Å². The molecule has 1 N–H and O–H groups in total. The van der Waals surface area contributed by atoms with E-state index in [1.165, 1.54) is 5.69 Å². The van der Waals surface area contributed by atoms with Crippen LogP contribution in [0.1, 0.15) is 31.7 Å². The Balaban J connectivity index is 1.87. The summed E-state index contributed by atoms with van der Waals surface area (Å²) in [7, 11) is 0. The lowest BCUT2D eigenvalue weighted by Gasteiger charge is -2.29. The molecule has 0 saturated carbocycles. The number of hydrogen-bond donors (Lipinski definition) is 1. The molecule has 1 fully saturated rings. The van der Waals surface area contributed by atoms with Crippen LogP contribution in [0.15, 0.2) is 48.5 Å². The molecule has 1 aliphatic heterocycles. The van der Waals surface area contributed by atoms with Gasteiger partial charge in [-0.2, -0.15) is 5.26 Å². The summed E-state index contributed by atoms with van der Waals surface area (Å²) < 4.78 is 5.46. The third-order valence-electron chi connectivity index (χ3n) is 5.21. The van der Waals surface area contributed by atoms with Crippen LogP contribution in [0, 0.1) is 17.2 Å². The summed E-state index contributed by atoms with van der Waals surface area (Å²) in [4.78, 5) is 15.0. The first-order valence-electron chi connectivity index (χ1n) is 10.3. The topological polar surface area (TPSA) is 65.4 Å².